The highest BCUT2D eigenvalue weighted by Crippen LogP contribution is 2.30. The molecule has 8 nitrogen and oxygen atoms in total. The number of halogens is 2. The zero-order valence-electron chi connectivity index (χ0n) is 18.1. The molecule has 1 aliphatic rings. The molecule has 1 aromatic rings. The summed E-state index contributed by atoms with van der Waals surface area (Å²) in [5, 5.41) is 0. The van der Waals surface area contributed by atoms with Crippen molar-refractivity contribution in [2.45, 2.75) is 38.8 Å². The Balaban J connectivity index is 2.31. The molecule has 174 valence electrons. The van der Waals surface area contributed by atoms with Gasteiger partial charge in [-0.05, 0) is 39.3 Å². The van der Waals surface area contributed by atoms with Crippen molar-refractivity contribution in [3.8, 4) is 5.75 Å². The lowest BCUT2D eigenvalue weighted by molar-refractivity contribution is -0.122. The monoisotopic (exact) mass is 522 g/mol. The van der Waals surface area contributed by atoms with E-state index in [1.165, 1.54) is 9.80 Å². The zero-order valence-corrected chi connectivity index (χ0v) is 20.5. The number of benzene rings is 1. The van der Waals surface area contributed by atoms with Crippen LogP contribution in [0.25, 0.3) is 0 Å². The third-order valence-electron chi connectivity index (χ3n) is 4.40. The van der Waals surface area contributed by atoms with E-state index in [4.69, 9.17) is 9.47 Å². The van der Waals surface area contributed by atoms with Crippen LogP contribution in [0.3, 0.4) is 0 Å². The van der Waals surface area contributed by atoms with Crippen LogP contribution in [0.5, 0.6) is 5.75 Å². The molecule has 31 heavy (non-hydrogen) atoms. The summed E-state index contributed by atoms with van der Waals surface area (Å²) < 4.78 is 47.3. The first kappa shape index (κ1) is 25.4. The maximum atomic E-state index is 12.9. The molecule has 0 unspecified atom stereocenters. The van der Waals surface area contributed by atoms with E-state index in [0.29, 0.717) is 15.9 Å². The Labute approximate surface area is 190 Å². The minimum absolute atomic E-state index is 0.0899. The maximum absolute atomic E-state index is 12.9. The molecule has 1 aromatic carbocycles. The first-order valence-electron chi connectivity index (χ1n) is 9.76. The lowest BCUT2D eigenvalue weighted by Gasteiger charge is -2.41. The van der Waals surface area contributed by atoms with Crippen molar-refractivity contribution in [3.63, 3.8) is 0 Å². The molecule has 0 aromatic heterocycles. The molecular weight excluding hydrogens is 495 g/mol. The standard InChI is InChI=1S/C20H28BrFN2O6S/c1-20(2,3)30-19(26)24-13-18(25)23(12-15(24)5-8-31(4,27)28)16-9-14(21)10-17(11-16)29-7-6-22/h9-11,15H,5-8,12-13H2,1-4H3/t15-/m0/s1. The molecule has 0 saturated carbocycles. The number of carbonyl (C=O) groups excluding carboxylic acids is 2. The van der Waals surface area contributed by atoms with Crippen LogP contribution in [0.15, 0.2) is 22.7 Å². The summed E-state index contributed by atoms with van der Waals surface area (Å²) in [7, 11) is -3.27. The lowest BCUT2D eigenvalue weighted by atomic mass is 10.1. The molecule has 0 N–H and O–H groups in total. The van der Waals surface area contributed by atoms with Crippen molar-refractivity contribution < 1.29 is 31.9 Å². The van der Waals surface area contributed by atoms with Crippen LogP contribution in [-0.2, 0) is 19.4 Å². The Morgan fingerprint density at radius 1 is 1.29 bits per heavy atom. The van der Waals surface area contributed by atoms with Crippen LogP contribution in [-0.4, -0.2) is 75.3 Å². The average Bonchev–Trinajstić information content (AvgIpc) is 2.62. The molecule has 0 bridgehead atoms. The molecule has 1 fully saturated rings. The van der Waals surface area contributed by atoms with Crippen molar-refractivity contribution in [2.24, 2.45) is 0 Å². The molecule has 0 spiro atoms. The number of ether oxygens (including phenoxy) is 2. The molecule has 2 rings (SSSR count). The lowest BCUT2D eigenvalue weighted by Crippen LogP contribution is -2.59. The summed E-state index contributed by atoms with van der Waals surface area (Å²) >= 11 is 3.36. The molecule has 1 heterocycles. The number of hydrogen-bond donors (Lipinski definition) is 0. The number of nitrogens with zero attached hydrogens (tertiary/aromatic N) is 2. The predicted molar refractivity (Wildman–Crippen MR) is 119 cm³/mol. The Morgan fingerprint density at radius 3 is 2.55 bits per heavy atom. The number of piperazine rings is 1. The quantitative estimate of drug-likeness (QED) is 0.545. The van der Waals surface area contributed by atoms with Gasteiger partial charge in [0.1, 0.15) is 41.0 Å². The Bertz CT molecular complexity index is 919. The molecular formula is C20H28BrFN2O6S. The number of carbonyl (C=O) groups is 2. The summed E-state index contributed by atoms with van der Waals surface area (Å²) in [6.07, 6.45) is 0.612. The minimum Gasteiger partial charge on any atom is -0.491 e. The normalized spacial score (nSPS) is 17.6. The second-order valence-corrected chi connectivity index (χ2v) is 11.5. The summed E-state index contributed by atoms with van der Waals surface area (Å²) in [5.74, 6) is -0.101. The number of alkyl halides is 1. The van der Waals surface area contributed by atoms with E-state index in [0.717, 1.165) is 6.26 Å². The summed E-state index contributed by atoms with van der Waals surface area (Å²) in [6.45, 7) is 4.22. The fourth-order valence-electron chi connectivity index (χ4n) is 3.10. The van der Waals surface area contributed by atoms with E-state index in [2.05, 4.69) is 15.9 Å². The highest BCUT2D eigenvalue weighted by Gasteiger charge is 2.38. The average molecular weight is 523 g/mol. The molecule has 1 aliphatic heterocycles. The fourth-order valence-corrected chi connectivity index (χ4v) is 4.26. The van der Waals surface area contributed by atoms with E-state index in [1.807, 2.05) is 0 Å². The largest absolute Gasteiger partial charge is 0.491 e. The van der Waals surface area contributed by atoms with Crippen molar-refractivity contribution >= 4 is 43.5 Å². The molecule has 0 radical (unpaired) electrons. The van der Waals surface area contributed by atoms with E-state index in [1.54, 1.807) is 39.0 Å². The molecule has 0 aliphatic carbocycles. The smallest absolute Gasteiger partial charge is 0.411 e. The van der Waals surface area contributed by atoms with Gasteiger partial charge in [0, 0.05) is 29.0 Å². The third-order valence-corrected chi connectivity index (χ3v) is 5.84. The van der Waals surface area contributed by atoms with Gasteiger partial charge in [-0.15, -0.1) is 0 Å². The van der Waals surface area contributed by atoms with E-state index in [-0.39, 0.29) is 37.8 Å². The highest BCUT2D eigenvalue weighted by atomic mass is 79.9. The maximum Gasteiger partial charge on any atom is 0.411 e. The number of anilines is 1. The van der Waals surface area contributed by atoms with Crippen molar-refractivity contribution in [1.82, 2.24) is 4.90 Å². The highest BCUT2D eigenvalue weighted by molar-refractivity contribution is 9.10. The van der Waals surface area contributed by atoms with Crippen LogP contribution in [0.2, 0.25) is 0 Å². The molecule has 1 atom stereocenters. The third kappa shape index (κ3) is 7.95. The predicted octanol–water partition coefficient (Wildman–Crippen LogP) is 3.18. The number of amides is 2. The Hall–Kier alpha value is -1.88. The van der Waals surface area contributed by atoms with Crippen molar-refractivity contribution in [2.75, 3.05) is 43.3 Å². The first-order valence-corrected chi connectivity index (χ1v) is 12.6. The van der Waals surface area contributed by atoms with Crippen LogP contribution < -0.4 is 9.64 Å². The van der Waals surface area contributed by atoms with Gasteiger partial charge >= 0.3 is 6.09 Å². The van der Waals surface area contributed by atoms with E-state index in [9.17, 15) is 22.4 Å². The topological polar surface area (TPSA) is 93.2 Å². The van der Waals surface area contributed by atoms with E-state index >= 15 is 0 Å². The second-order valence-electron chi connectivity index (χ2n) is 8.37. The van der Waals surface area contributed by atoms with Gasteiger partial charge in [0.15, 0.2) is 0 Å². The van der Waals surface area contributed by atoms with Gasteiger partial charge in [-0.2, -0.15) is 0 Å². The second kappa shape index (κ2) is 10.2. The van der Waals surface area contributed by atoms with Crippen molar-refractivity contribution in [3.05, 3.63) is 22.7 Å². The molecule has 2 amide bonds. The number of rotatable bonds is 7. The van der Waals surface area contributed by atoms with Gasteiger partial charge in [-0.3, -0.25) is 9.69 Å². The van der Waals surface area contributed by atoms with Crippen LogP contribution in [0.4, 0.5) is 14.9 Å². The summed E-state index contributed by atoms with van der Waals surface area (Å²) in [4.78, 5) is 28.3. The number of sulfone groups is 1. The minimum atomic E-state index is -3.27. The summed E-state index contributed by atoms with van der Waals surface area (Å²) in [6, 6.07) is 4.41. The van der Waals surface area contributed by atoms with Crippen LogP contribution >= 0.6 is 15.9 Å². The van der Waals surface area contributed by atoms with E-state index < -0.39 is 34.2 Å². The SMILES string of the molecule is CC(C)(C)OC(=O)N1CC(=O)N(c2cc(Br)cc(OCCF)c2)C[C@@H]1CCS(C)(=O)=O. The summed E-state index contributed by atoms with van der Waals surface area (Å²) in [5.41, 5.74) is -0.257. The van der Waals surface area contributed by atoms with Crippen LogP contribution in [0, 0.1) is 0 Å². The molecule has 11 heteroatoms. The van der Waals surface area contributed by atoms with Gasteiger partial charge in [-0.25, -0.2) is 17.6 Å². The Morgan fingerprint density at radius 2 is 1.97 bits per heavy atom. The zero-order chi connectivity index (χ0) is 23.4. The van der Waals surface area contributed by atoms with Gasteiger partial charge in [-0.1, -0.05) is 15.9 Å². The number of hydrogen-bond acceptors (Lipinski definition) is 6. The van der Waals surface area contributed by atoms with Crippen LogP contribution in [0.1, 0.15) is 27.2 Å². The fraction of sp³-hybridized carbons (Fsp3) is 0.600. The van der Waals surface area contributed by atoms with Gasteiger partial charge < -0.3 is 14.4 Å². The molecule has 1 saturated heterocycles. The first-order chi connectivity index (χ1) is 14.3. The van der Waals surface area contributed by atoms with Gasteiger partial charge in [0.2, 0.25) is 5.91 Å². The Kier molecular flexibility index (Phi) is 8.32. The van der Waals surface area contributed by atoms with Gasteiger partial charge in [0.05, 0.1) is 11.8 Å². The van der Waals surface area contributed by atoms with Gasteiger partial charge in [0.25, 0.3) is 0 Å². The van der Waals surface area contributed by atoms with Crippen molar-refractivity contribution in [1.29, 1.82) is 0 Å².